The Bertz CT molecular complexity index is 792. The number of hydrogen-bond acceptors (Lipinski definition) is 3. The third-order valence-corrected chi connectivity index (χ3v) is 4.01. The third-order valence-electron chi connectivity index (χ3n) is 4.01. The summed E-state index contributed by atoms with van der Waals surface area (Å²) >= 11 is 0. The van der Waals surface area contributed by atoms with Crippen LogP contribution in [-0.2, 0) is 10.9 Å². The van der Waals surface area contributed by atoms with E-state index in [1.165, 1.54) is 18.2 Å². The molecule has 1 saturated heterocycles. The van der Waals surface area contributed by atoms with Crippen LogP contribution in [0.15, 0.2) is 48.5 Å². The first-order valence-electron chi connectivity index (χ1n) is 8.19. The van der Waals surface area contributed by atoms with Crippen molar-refractivity contribution >= 4 is 5.91 Å². The number of hydrogen-bond donors (Lipinski definition) is 0. The summed E-state index contributed by atoms with van der Waals surface area (Å²) in [7, 11) is 0. The first-order valence-corrected chi connectivity index (χ1v) is 8.19. The van der Waals surface area contributed by atoms with E-state index in [4.69, 9.17) is 9.47 Å². The molecule has 0 bridgehead atoms. The Morgan fingerprint density at radius 2 is 1.85 bits per heavy atom. The number of halogens is 3. The molecule has 138 valence electrons. The highest BCUT2D eigenvalue weighted by Crippen LogP contribution is 2.32. The Kier molecular flexibility index (Phi) is 5.18. The average Bonchev–Trinajstić information content (AvgIpc) is 2.61. The lowest BCUT2D eigenvalue weighted by molar-refractivity contribution is -0.137. The average molecular weight is 365 g/mol. The number of carbonyl (C=O) groups is 1. The zero-order chi connectivity index (χ0) is 18.7. The number of carbonyl (C=O) groups excluding carboxylic acids is 1. The predicted molar refractivity (Wildman–Crippen MR) is 89.3 cm³/mol. The van der Waals surface area contributed by atoms with Gasteiger partial charge in [0.15, 0.2) is 0 Å². The van der Waals surface area contributed by atoms with Crippen LogP contribution in [0.5, 0.6) is 11.5 Å². The summed E-state index contributed by atoms with van der Waals surface area (Å²) in [5.74, 6) is 0.204. The quantitative estimate of drug-likeness (QED) is 0.811. The third kappa shape index (κ3) is 4.35. The van der Waals surface area contributed by atoms with Gasteiger partial charge in [-0.3, -0.25) is 4.79 Å². The van der Waals surface area contributed by atoms with Gasteiger partial charge in [0.1, 0.15) is 11.5 Å². The maximum Gasteiger partial charge on any atom is 0.416 e. The van der Waals surface area contributed by atoms with E-state index in [-0.39, 0.29) is 17.8 Å². The highest BCUT2D eigenvalue weighted by Gasteiger charge is 2.30. The molecule has 0 radical (unpaired) electrons. The van der Waals surface area contributed by atoms with Crippen LogP contribution in [0.1, 0.15) is 22.8 Å². The zero-order valence-corrected chi connectivity index (χ0v) is 14.1. The second-order valence-corrected chi connectivity index (χ2v) is 6.09. The van der Waals surface area contributed by atoms with Crippen molar-refractivity contribution in [3.05, 3.63) is 59.7 Å². The van der Waals surface area contributed by atoms with Crippen molar-refractivity contribution in [1.29, 1.82) is 0 Å². The molecule has 3 rings (SSSR count). The van der Waals surface area contributed by atoms with Crippen LogP contribution in [0, 0.1) is 0 Å². The minimum atomic E-state index is -4.44. The van der Waals surface area contributed by atoms with Crippen molar-refractivity contribution in [2.45, 2.75) is 19.2 Å². The molecule has 2 aromatic carbocycles. The Balaban J connectivity index is 1.76. The van der Waals surface area contributed by atoms with Gasteiger partial charge in [-0.1, -0.05) is 12.1 Å². The van der Waals surface area contributed by atoms with Crippen LogP contribution in [0.2, 0.25) is 0 Å². The fraction of sp³-hybridized carbons (Fsp3) is 0.316. The Morgan fingerprint density at radius 1 is 1.15 bits per heavy atom. The molecule has 2 aromatic rings. The SMILES string of the molecule is CC1CN(C(=O)c2cccc(Oc3cccc(C(F)(F)F)c3)c2)CCO1. The molecule has 1 fully saturated rings. The van der Waals surface area contributed by atoms with Gasteiger partial charge >= 0.3 is 6.18 Å². The van der Waals surface area contributed by atoms with E-state index in [1.807, 2.05) is 6.92 Å². The summed E-state index contributed by atoms with van der Waals surface area (Å²) < 4.78 is 49.3. The minimum absolute atomic E-state index is 0.0303. The van der Waals surface area contributed by atoms with E-state index in [2.05, 4.69) is 0 Å². The molecule has 0 N–H and O–H groups in total. The monoisotopic (exact) mass is 365 g/mol. The summed E-state index contributed by atoms with van der Waals surface area (Å²) in [6.07, 6.45) is -4.47. The molecule has 1 atom stereocenters. The van der Waals surface area contributed by atoms with Crippen molar-refractivity contribution in [3.8, 4) is 11.5 Å². The Labute approximate surface area is 149 Å². The van der Waals surface area contributed by atoms with Crippen LogP contribution in [-0.4, -0.2) is 36.6 Å². The van der Waals surface area contributed by atoms with Gasteiger partial charge in [-0.05, 0) is 43.3 Å². The van der Waals surface area contributed by atoms with Gasteiger partial charge in [-0.2, -0.15) is 13.2 Å². The maximum atomic E-state index is 12.8. The number of benzene rings is 2. The number of ether oxygens (including phenoxy) is 2. The number of amides is 1. The van der Waals surface area contributed by atoms with Crippen LogP contribution in [0.4, 0.5) is 13.2 Å². The molecular formula is C19H18F3NO3. The first kappa shape index (κ1) is 18.3. The van der Waals surface area contributed by atoms with Crippen LogP contribution >= 0.6 is 0 Å². The normalized spacial score (nSPS) is 17.8. The highest BCUT2D eigenvalue weighted by molar-refractivity contribution is 5.94. The fourth-order valence-corrected chi connectivity index (χ4v) is 2.75. The van der Waals surface area contributed by atoms with E-state index in [1.54, 1.807) is 23.1 Å². The molecule has 1 amide bonds. The van der Waals surface area contributed by atoms with Crippen molar-refractivity contribution in [2.75, 3.05) is 19.7 Å². The molecule has 4 nitrogen and oxygen atoms in total. The second-order valence-electron chi connectivity index (χ2n) is 6.09. The summed E-state index contributed by atoms with van der Waals surface area (Å²) in [5.41, 5.74) is -0.367. The largest absolute Gasteiger partial charge is 0.457 e. The molecule has 1 aliphatic heterocycles. The van der Waals surface area contributed by atoms with Crippen LogP contribution in [0.3, 0.4) is 0 Å². The molecule has 7 heteroatoms. The number of nitrogens with zero attached hydrogens (tertiary/aromatic N) is 1. The topological polar surface area (TPSA) is 38.8 Å². The van der Waals surface area contributed by atoms with Crippen LogP contribution in [0.25, 0.3) is 0 Å². The van der Waals surface area contributed by atoms with E-state index in [0.29, 0.717) is 31.0 Å². The van der Waals surface area contributed by atoms with Crippen LogP contribution < -0.4 is 4.74 Å². The van der Waals surface area contributed by atoms with Crippen molar-refractivity contribution < 1.29 is 27.4 Å². The van der Waals surface area contributed by atoms with Gasteiger partial charge in [0.2, 0.25) is 0 Å². The summed E-state index contributed by atoms with van der Waals surface area (Å²) in [6, 6.07) is 11.0. The molecule has 1 unspecified atom stereocenters. The van der Waals surface area contributed by atoms with Gasteiger partial charge in [0, 0.05) is 18.7 Å². The van der Waals surface area contributed by atoms with Crippen molar-refractivity contribution in [3.63, 3.8) is 0 Å². The number of alkyl halides is 3. The van der Waals surface area contributed by atoms with Crippen molar-refractivity contribution in [1.82, 2.24) is 4.90 Å². The minimum Gasteiger partial charge on any atom is -0.457 e. The lowest BCUT2D eigenvalue weighted by Crippen LogP contribution is -2.44. The Hall–Kier alpha value is -2.54. The van der Waals surface area contributed by atoms with Gasteiger partial charge in [-0.25, -0.2) is 0 Å². The summed E-state index contributed by atoms with van der Waals surface area (Å²) in [5, 5.41) is 0. The van der Waals surface area contributed by atoms with E-state index >= 15 is 0 Å². The summed E-state index contributed by atoms with van der Waals surface area (Å²) in [4.78, 5) is 14.3. The summed E-state index contributed by atoms with van der Waals surface area (Å²) in [6.45, 7) is 3.37. The van der Waals surface area contributed by atoms with Gasteiger partial charge in [-0.15, -0.1) is 0 Å². The van der Waals surface area contributed by atoms with E-state index in [9.17, 15) is 18.0 Å². The Morgan fingerprint density at radius 3 is 2.54 bits per heavy atom. The molecule has 0 spiro atoms. The van der Waals surface area contributed by atoms with Gasteiger partial charge in [0.05, 0.1) is 18.3 Å². The molecule has 0 aliphatic carbocycles. The molecule has 0 saturated carbocycles. The lowest BCUT2D eigenvalue weighted by atomic mass is 10.1. The predicted octanol–water partition coefficient (Wildman–Crippen LogP) is 4.36. The highest BCUT2D eigenvalue weighted by atomic mass is 19.4. The van der Waals surface area contributed by atoms with Gasteiger partial charge < -0.3 is 14.4 Å². The molecular weight excluding hydrogens is 347 g/mol. The number of rotatable bonds is 3. The smallest absolute Gasteiger partial charge is 0.416 e. The maximum absolute atomic E-state index is 12.8. The molecule has 26 heavy (non-hydrogen) atoms. The van der Waals surface area contributed by atoms with E-state index < -0.39 is 11.7 Å². The second kappa shape index (κ2) is 7.37. The standard InChI is InChI=1S/C19H18F3NO3/c1-13-12-23(8-9-25-13)18(24)14-4-2-6-16(10-14)26-17-7-3-5-15(11-17)19(20,21)22/h2-7,10-11,13H,8-9,12H2,1H3. The van der Waals surface area contributed by atoms with Crippen molar-refractivity contribution in [2.24, 2.45) is 0 Å². The van der Waals surface area contributed by atoms with Gasteiger partial charge in [0.25, 0.3) is 5.91 Å². The molecule has 1 aliphatic rings. The zero-order valence-electron chi connectivity index (χ0n) is 14.1. The van der Waals surface area contributed by atoms with E-state index in [0.717, 1.165) is 12.1 Å². The lowest BCUT2D eigenvalue weighted by Gasteiger charge is -2.31. The molecule has 0 aromatic heterocycles. The first-order chi connectivity index (χ1) is 12.3. The molecule has 1 heterocycles. The number of morpholine rings is 1. The fourth-order valence-electron chi connectivity index (χ4n) is 2.75.